The summed E-state index contributed by atoms with van der Waals surface area (Å²) >= 11 is 0. The van der Waals surface area contributed by atoms with E-state index in [-0.39, 0.29) is 17.0 Å². The first-order chi connectivity index (χ1) is 13.4. The molecule has 3 aromatic rings. The Hall–Kier alpha value is -3.13. The zero-order valence-electron chi connectivity index (χ0n) is 14.5. The Kier molecular flexibility index (Phi) is 5.79. The Labute approximate surface area is 161 Å². The highest BCUT2D eigenvalue weighted by Crippen LogP contribution is 2.28. The van der Waals surface area contributed by atoms with Crippen LogP contribution in [0.25, 0.3) is 0 Å². The van der Waals surface area contributed by atoms with Crippen LogP contribution in [0.15, 0.2) is 78.0 Å². The summed E-state index contributed by atoms with van der Waals surface area (Å²) in [6.45, 7) is -0.263. The van der Waals surface area contributed by atoms with Gasteiger partial charge >= 0.3 is 0 Å². The van der Waals surface area contributed by atoms with E-state index >= 15 is 0 Å². The third-order valence-electron chi connectivity index (χ3n) is 4.11. The van der Waals surface area contributed by atoms with Crippen molar-refractivity contribution in [1.29, 1.82) is 0 Å². The van der Waals surface area contributed by atoms with E-state index in [1.54, 1.807) is 12.1 Å². The minimum Gasteiger partial charge on any atom is -0.350 e. The zero-order chi connectivity index (χ0) is 20.1. The number of halogens is 2. The molecule has 0 fully saturated rings. The lowest BCUT2D eigenvalue weighted by Crippen LogP contribution is -2.32. The molecule has 1 unspecified atom stereocenters. The van der Waals surface area contributed by atoms with Gasteiger partial charge in [0.05, 0.1) is 4.90 Å². The topological polar surface area (TPSA) is 76.1 Å². The molecule has 0 saturated carbocycles. The summed E-state index contributed by atoms with van der Waals surface area (Å²) in [5.74, 6) is -1.74. The molecule has 8 heteroatoms. The first-order valence-electron chi connectivity index (χ1n) is 8.31. The van der Waals surface area contributed by atoms with Crippen LogP contribution in [-0.2, 0) is 9.84 Å². The standard InChI is InChI=1S/C20H16F2N2O3S/c21-16-6-8-18(9-7-16)28(26,27)19(15-4-2-10-23-12-15)13-24-20(25)14-3-1-5-17(22)11-14/h1-12,19H,13H2,(H,24,25). The van der Waals surface area contributed by atoms with Crippen LogP contribution in [0.5, 0.6) is 0 Å². The maximum absolute atomic E-state index is 13.3. The summed E-state index contributed by atoms with van der Waals surface area (Å²) in [4.78, 5) is 16.2. The molecular weight excluding hydrogens is 386 g/mol. The smallest absolute Gasteiger partial charge is 0.251 e. The van der Waals surface area contributed by atoms with Crippen molar-refractivity contribution in [3.63, 3.8) is 0 Å². The highest BCUT2D eigenvalue weighted by Gasteiger charge is 2.30. The summed E-state index contributed by atoms with van der Waals surface area (Å²) in [5.41, 5.74) is 0.440. The summed E-state index contributed by atoms with van der Waals surface area (Å²) < 4.78 is 52.7. The van der Waals surface area contributed by atoms with E-state index in [1.165, 1.54) is 42.7 Å². The number of carbonyl (C=O) groups excluding carboxylic acids is 1. The molecule has 28 heavy (non-hydrogen) atoms. The van der Waals surface area contributed by atoms with Crippen molar-refractivity contribution in [2.45, 2.75) is 10.1 Å². The second-order valence-electron chi connectivity index (χ2n) is 5.99. The lowest BCUT2D eigenvalue weighted by molar-refractivity contribution is 0.0953. The van der Waals surface area contributed by atoms with Crippen molar-refractivity contribution in [2.24, 2.45) is 0 Å². The van der Waals surface area contributed by atoms with Gasteiger partial charge in [-0.05, 0) is 54.1 Å². The number of carbonyl (C=O) groups is 1. The maximum atomic E-state index is 13.3. The number of sulfone groups is 1. The van der Waals surface area contributed by atoms with Gasteiger partial charge in [-0.3, -0.25) is 9.78 Å². The molecule has 1 N–H and O–H groups in total. The molecule has 3 rings (SSSR count). The van der Waals surface area contributed by atoms with Crippen LogP contribution in [0.4, 0.5) is 8.78 Å². The van der Waals surface area contributed by atoms with Crippen LogP contribution in [-0.4, -0.2) is 25.9 Å². The zero-order valence-corrected chi connectivity index (χ0v) is 15.4. The van der Waals surface area contributed by atoms with E-state index in [0.717, 1.165) is 18.2 Å². The number of benzene rings is 2. The molecule has 1 atom stereocenters. The van der Waals surface area contributed by atoms with Crippen LogP contribution >= 0.6 is 0 Å². The fraction of sp³-hybridized carbons (Fsp3) is 0.100. The third-order valence-corrected chi connectivity index (χ3v) is 6.22. The first kappa shape index (κ1) is 19.6. The van der Waals surface area contributed by atoms with Crippen LogP contribution in [0.2, 0.25) is 0 Å². The first-order valence-corrected chi connectivity index (χ1v) is 9.86. The number of hydrogen-bond acceptors (Lipinski definition) is 4. The Morgan fingerprint density at radius 1 is 1.00 bits per heavy atom. The fourth-order valence-corrected chi connectivity index (χ4v) is 4.32. The third kappa shape index (κ3) is 4.40. The van der Waals surface area contributed by atoms with Gasteiger partial charge in [-0.15, -0.1) is 0 Å². The van der Waals surface area contributed by atoms with Crippen molar-refractivity contribution >= 4 is 15.7 Å². The van der Waals surface area contributed by atoms with Crippen molar-refractivity contribution in [1.82, 2.24) is 10.3 Å². The minimum absolute atomic E-state index is 0.0733. The summed E-state index contributed by atoms with van der Waals surface area (Å²) in [6.07, 6.45) is 2.89. The van der Waals surface area contributed by atoms with Gasteiger partial charge in [0.15, 0.2) is 9.84 Å². The molecule has 1 amide bonds. The SMILES string of the molecule is O=C(NCC(c1cccnc1)S(=O)(=O)c1ccc(F)cc1)c1cccc(F)c1. The lowest BCUT2D eigenvalue weighted by Gasteiger charge is -2.19. The van der Waals surface area contributed by atoms with E-state index in [4.69, 9.17) is 0 Å². The molecule has 0 aliphatic rings. The molecule has 1 heterocycles. The van der Waals surface area contributed by atoms with Crippen LogP contribution in [0, 0.1) is 11.6 Å². The fourth-order valence-electron chi connectivity index (χ4n) is 2.68. The summed E-state index contributed by atoms with van der Waals surface area (Å²) in [5, 5.41) is 1.38. The minimum atomic E-state index is -3.95. The number of nitrogens with zero attached hydrogens (tertiary/aromatic N) is 1. The summed E-state index contributed by atoms with van der Waals surface area (Å²) in [7, 11) is -3.95. The van der Waals surface area contributed by atoms with Crippen molar-refractivity contribution in [2.75, 3.05) is 6.54 Å². The van der Waals surface area contributed by atoms with Gasteiger partial charge in [-0.1, -0.05) is 12.1 Å². The second kappa shape index (κ2) is 8.26. The average Bonchev–Trinajstić information content (AvgIpc) is 2.69. The highest BCUT2D eigenvalue weighted by molar-refractivity contribution is 7.91. The molecule has 0 spiro atoms. The normalized spacial score (nSPS) is 12.4. The number of aromatic nitrogens is 1. The molecule has 0 aliphatic heterocycles. The average molecular weight is 402 g/mol. The molecule has 1 aromatic heterocycles. The van der Waals surface area contributed by atoms with E-state index in [2.05, 4.69) is 10.3 Å². The predicted molar refractivity (Wildman–Crippen MR) is 99.3 cm³/mol. The number of rotatable bonds is 6. The molecule has 144 valence electrons. The Morgan fingerprint density at radius 2 is 1.75 bits per heavy atom. The number of amides is 1. The molecular formula is C20H16F2N2O3S. The van der Waals surface area contributed by atoms with Gasteiger partial charge in [-0.25, -0.2) is 17.2 Å². The predicted octanol–water partition coefficient (Wildman–Crippen LogP) is 3.30. The number of nitrogens with one attached hydrogen (secondary N) is 1. The largest absolute Gasteiger partial charge is 0.350 e. The highest BCUT2D eigenvalue weighted by atomic mass is 32.2. The van der Waals surface area contributed by atoms with Crippen molar-refractivity contribution in [3.8, 4) is 0 Å². The molecule has 0 radical (unpaired) electrons. The van der Waals surface area contributed by atoms with Crippen molar-refractivity contribution < 1.29 is 22.0 Å². The second-order valence-corrected chi connectivity index (χ2v) is 8.12. The Morgan fingerprint density at radius 3 is 2.39 bits per heavy atom. The van der Waals surface area contributed by atoms with Gasteiger partial charge in [0, 0.05) is 24.5 Å². The van der Waals surface area contributed by atoms with E-state index in [0.29, 0.717) is 5.56 Å². The quantitative estimate of drug-likeness (QED) is 0.642. The van der Waals surface area contributed by atoms with Gasteiger partial charge < -0.3 is 5.32 Å². The van der Waals surface area contributed by atoms with Crippen LogP contribution in [0.3, 0.4) is 0 Å². The maximum Gasteiger partial charge on any atom is 0.251 e. The number of hydrogen-bond donors (Lipinski definition) is 1. The van der Waals surface area contributed by atoms with Gasteiger partial charge in [-0.2, -0.15) is 0 Å². The molecule has 0 bridgehead atoms. The van der Waals surface area contributed by atoms with Crippen LogP contribution in [0.1, 0.15) is 21.2 Å². The Balaban J connectivity index is 1.90. The molecule has 0 aliphatic carbocycles. The lowest BCUT2D eigenvalue weighted by atomic mass is 10.2. The Bertz CT molecular complexity index is 1070. The van der Waals surface area contributed by atoms with Crippen LogP contribution < -0.4 is 5.32 Å². The van der Waals surface area contributed by atoms with Gasteiger partial charge in [0.25, 0.3) is 5.91 Å². The number of pyridine rings is 1. The van der Waals surface area contributed by atoms with Gasteiger partial charge in [0.2, 0.25) is 0 Å². The van der Waals surface area contributed by atoms with E-state index in [9.17, 15) is 22.0 Å². The van der Waals surface area contributed by atoms with E-state index in [1.807, 2.05) is 0 Å². The van der Waals surface area contributed by atoms with E-state index < -0.39 is 32.6 Å². The molecule has 2 aromatic carbocycles. The van der Waals surface area contributed by atoms with Crippen molar-refractivity contribution in [3.05, 3.63) is 95.8 Å². The molecule has 5 nitrogen and oxygen atoms in total. The monoisotopic (exact) mass is 402 g/mol. The van der Waals surface area contributed by atoms with Gasteiger partial charge in [0.1, 0.15) is 16.9 Å². The summed E-state index contributed by atoms with van der Waals surface area (Å²) in [6, 6.07) is 12.7. The molecule has 0 saturated heterocycles.